The van der Waals surface area contributed by atoms with Crippen molar-refractivity contribution in [3.05, 3.63) is 206 Å². The van der Waals surface area contributed by atoms with Crippen LogP contribution in [0.4, 0.5) is 17.1 Å². The van der Waals surface area contributed by atoms with Gasteiger partial charge in [-0.2, -0.15) is 0 Å². The van der Waals surface area contributed by atoms with E-state index in [4.69, 9.17) is 0 Å². The summed E-state index contributed by atoms with van der Waals surface area (Å²) in [4.78, 5) is 2.45. The van der Waals surface area contributed by atoms with Crippen LogP contribution in [0.25, 0.3) is 71.3 Å². The van der Waals surface area contributed by atoms with Gasteiger partial charge in [-0.25, -0.2) is 0 Å². The predicted molar refractivity (Wildman–Crippen MR) is 221 cm³/mol. The van der Waals surface area contributed by atoms with Crippen LogP contribution >= 0.6 is 0 Å². The highest BCUT2D eigenvalue weighted by Gasteiger charge is 2.24. The Labute approximate surface area is 303 Å². The number of aromatic nitrogens is 1. The Hall–Kier alpha value is -6.90. The third kappa shape index (κ3) is 5.04. The van der Waals surface area contributed by atoms with Crippen molar-refractivity contribution >= 4 is 60.4 Å². The predicted octanol–water partition coefficient (Wildman–Crippen LogP) is 13.9. The molecule has 2 nitrogen and oxygen atoms in total. The molecule has 0 saturated heterocycles. The van der Waals surface area contributed by atoms with Crippen LogP contribution in [-0.2, 0) is 0 Å². The normalized spacial score (nSPS) is 11.5. The molecule has 0 fully saturated rings. The molecule has 0 aliphatic carbocycles. The van der Waals surface area contributed by atoms with Crippen molar-refractivity contribution < 1.29 is 0 Å². The van der Waals surface area contributed by atoms with Crippen LogP contribution in [0, 0.1) is 0 Å². The second-order valence-corrected chi connectivity index (χ2v) is 13.4. The number of hydrogen-bond acceptors (Lipinski definition) is 1. The molecule has 0 amide bonds. The number of rotatable bonds is 6. The van der Waals surface area contributed by atoms with E-state index in [1.165, 1.54) is 65.6 Å². The largest absolute Gasteiger partial charge is 0.310 e. The van der Waals surface area contributed by atoms with E-state index in [0.29, 0.717) is 0 Å². The number of benzene rings is 9. The van der Waals surface area contributed by atoms with Crippen molar-refractivity contribution in [2.75, 3.05) is 4.90 Å². The number of anilines is 3. The molecule has 10 aromatic rings. The highest BCUT2D eigenvalue weighted by Crippen LogP contribution is 2.48. The fourth-order valence-corrected chi connectivity index (χ4v) is 7.87. The molecule has 0 aliphatic heterocycles. The first kappa shape index (κ1) is 30.0. The summed E-state index contributed by atoms with van der Waals surface area (Å²) in [6, 6.07) is 74.8. The maximum absolute atomic E-state index is 2.47. The number of nitrogens with zero attached hydrogens (tertiary/aromatic N) is 2. The Morgan fingerprint density at radius 1 is 0.346 bits per heavy atom. The van der Waals surface area contributed by atoms with E-state index in [1.54, 1.807) is 0 Å². The van der Waals surface area contributed by atoms with Gasteiger partial charge in [0, 0.05) is 33.2 Å². The molecule has 9 aromatic carbocycles. The summed E-state index contributed by atoms with van der Waals surface area (Å²) in [7, 11) is 0. The Bertz CT molecular complexity index is 2870. The zero-order valence-electron chi connectivity index (χ0n) is 28.5. The summed E-state index contributed by atoms with van der Waals surface area (Å²) in [5.74, 6) is 0. The maximum Gasteiger partial charge on any atom is 0.0640 e. The van der Waals surface area contributed by atoms with Gasteiger partial charge >= 0.3 is 0 Å². The van der Waals surface area contributed by atoms with Crippen molar-refractivity contribution in [1.82, 2.24) is 4.57 Å². The summed E-state index contributed by atoms with van der Waals surface area (Å²) in [6.07, 6.45) is 0. The van der Waals surface area contributed by atoms with Crippen LogP contribution < -0.4 is 4.90 Å². The van der Waals surface area contributed by atoms with Crippen molar-refractivity contribution in [3.8, 4) is 27.9 Å². The van der Waals surface area contributed by atoms with Gasteiger partial charge < -0.3 is 9.47 Å². The Morgan fingerprint density at radius 2 is 0.904 bits per heavy atom. The molecule has 10 rings (SSSR count). The van der Waals surface area contributed by atoms with Gasteiger partial charge in [-0.3, -0.25) is 0 Å². The second-order valence-electron chi connectivity index (χ2n) is 13.4. The molecule has 0 N–H and O–H groups in total. The van der Waals surface area contributed by atoms with Gasteiger partial charge in [-0.05, 0) is 86.9 Å². The smallest absolute Gasteiger partial charge is 0.0640 e. The zero-order valence-corrected chi connectivity index (χ0v) is 28.5. The third-order valence-electron chi connectivity index (χ3n) is 10.3. The molecule has 0 radical (unpaired) electrons. The molecular weight excluding hydrogens is 629 g/mol. The van der Waals surface area contributed by atoms with Crippen LogP contribution in [0.15, 0.2) is 206 Å². The molecule has 1 heterocycles. The van der Waals surface area contributed by atoms with Crippen LogP contribution in [0.1, 0.15) is 0 Å². The minimum absolute atomic E-state index is 1.10. The monoisotopic (exact) mass is 662 g/mol. The topological polar surface area (TPSA) is 8.17 Å². The number of para-hydroxylation sites is 1. The molecule has 2 heteroatoms. The lowest BCUT2D eigenvalue weighted by molar-refractivity contribution is 1.19. The van der Waals surface area contributed by atoms with Crippen molar-refractivity contribution in [2.24, 2.45) is 0 Å². The van der Waals surface area contributed by atoms with E-state index in [9.17, 15) is 0 Å². The van der Waals surface area contributed by atoms with Crippen molar-refractivity contribution in [3.63, 3.8) is 0 Å². The Morgan fingerprint density at radius 3 is 1.63 bits per heavy atom. The summed E-state index contributed by atoms with van der Waals surface area (Å²) in [5.41, 5.74) is 11.7. The quantitative estimate of drug-likeness (QED) is 0.172. The van der Waals surface area contributed by atoms with E-state index in [-0.39, 0.29) is 0 Å². The maximum atomic E-state index is 2.47. The molecule has 244 valence electrons. The van der Waals surface area contributed by atoms with E-state index in [2.05, 4.69) is 216 Å². The summed E-state index contributed by atoms with van der Waals surface area (Å²) < 4.78 is 2.47. The molecule has 0 aliphatic rings. The fourth-order valence-electron chi connectivity index (χ4n) is 7.87. The first-order valence-electron chi connectivity index (χ1n) is 17.9. The van der Waals surface area contributed by atoms with Gasteiger partial charge in [-0.1, -0.05) is 158 Å². The van der Waals surface area contributed by atoms with E-state index >= 15 is 0 Å². The molecule has 0 unspecified atom stereocenters. The van der Waals surface area contributed by atoms with E-state index in [1.807, 2.05) is 0 Å². The van der Waals surface area contributed by atoms with Gasteiger partial charge in [0.15, 0.2) is 0 Å². The van der Waals surface area contributed by atoms with Crippen molar-refractivity contribution in [2.45, 2.75) is 0 Å². The Balaban J connectivity index is 1.32. The summed E-state index contributed by atoms with van der Waals surface area (Å²) in [5, 5.41) is 7.29. The van der Waals surface area contributed by atoms with Crippen molar-refractivity contribution in [1.29, 1.82) is 0 Å². The first-order chi connectivity index (χ1) is 25.8. The molecule has 1 aromatic heterocycles. The SMILES string of the molecule is c1ccc(-c2ccc(N(c3ccc4ccccc4c3)c3cc4ccccc4c4c3c3ccc(-c5ccccc5)cc3n4-c3ccccc3)cc2)cc1. The third-order valence-corrected chi connectivity index (χ3v) is 10.3. The fraction of sp³-hybridized carbons (Fsp3) is 0. The lowest BCUT2D eigenvalue weighted by Crippen LogP contribution is -2.10. The molecule has 52 heavy (non-hydrogen) atoms. The van der Waals surface area contributed by atoms with Gasteiger partial charge in [-0.15, -0.1) is 0 Å². The van der Waals surface area contributed by atoms with E-state index in [0.717, 1.165) is 22.7 Å². The second kappa shape index (κ2) is 12.5. The van der Waals surface area contributed by atoms with Gasteiger partial charge in [0.25, 0.3) is 0 Å². The first-order valence-corrected chi connectivity index (χ1v) is 17.9. The summed E-state index contributed by atoms with van der Waals surface area (Å²) >= 11 is 0. The molecule has 0 saturated carbocycles. The van der Waals surface area contributed by atoms with Gasteiger partial charge in [0.05, 0.1) is 16.7 Å². The molecule has 0 bridgehead atoms. The zero-order chi connectivity index (χ0) is 34.4. The van der Waals surface area contributed by atoms with Crippen LogP contribution in [0.3, 0.4) is 0 Å². The lowest BCUT2D eigenvalue weighted by Gasteiger charge is -2.28. The number of fused-ring (bicyclic) bond motifs is 6. The van der Waals surface area contributed by atoms with Crippen LogP contribution in [-0.4, -0.2) is 4.57 Å². The van der Waals surface area contributed by atoms with Gasteiger partial charge in [0.2, 0.25) is 0 Å². The van der Waals surface area contributed by atoms with Crippen LogP contribution in [0.2, 0.25) is 0 Å². The number of hydrogen-bond donors (Lipinski definition) is 0. The average Bonchev–Trinajstić information content (AvgIpc) is 3.57. The van der Waals surface area contributed by atoms with E-state index < -0.39 is 0 Å². The van der Waals surface area contributed by atoms with Gasteiger partial charge in [0.1, 0.15) is 0 Å². The molecular formula is C50H34N2. The summed E-state index contributed by atoms with van der Waals surface area (Å²) in [6.45, 7) is 0. The average molecular weight is 663 g/mol. The van der Waals surface area contributed by atoms with Crippen LogP contribution in [0.5, 0.6) is 0 Å². The lowest BCUT2D eigenvalue weighted by atomic mass is 9.99. The minimum atomic E-state index is 1.10. The minimum Gasteiger partial charge on any atom is -0.310 e. The Kier molecular flexibility index (Phi) is 7.18. The molecule has 0 spiro atoms. The highest BCUT2D eigenvalue weighted by atomic mass is 15.1. The molecule has 0 atom stereocenters. The standard InChI is InChI=1S/C50H34N2/c1-4-14-35(15-5-1)38-24-28-43(29-25-38)51(44-30-26-37-18-10-11-19-39(37)32-44)48-34-41-20-12-13-23-45(41)50-49(48)46-31-27-40(36-16-6-2-7-17-36)33-47(46)52(50)42-21-8-3-9-22-42/h1-34H. The highest BCUT2D eigenvalue weighted by molar-refractivity contribution is 6.25.